The monoisotopic (exact) mass is 445 g/mol. The van der Waals surface area contributed by atoms with Gasteiger partial charge in [-0.1, -0.05) is 0 Å². The van der Waals surface area contributed by atoms with Crippen molar-refractivity contribution in [3.8, 4) is 34.6 Å². The lowest BCUT2D eigenvalue weighted by Gasteiger charge is -2.34. The first-order valence-electron chi connectivity index (χ1n) is 10.3. The van der Waals surface area contributed by atoms with Crippen LogP contribution in [-0.2, 0) is 10.3 Å². The third-order valence-corrected chi connectivity index (χ3v) is 5.59. The summed E-state index contributed by atoms with van der Waals surface area (Å²) in [5.74, 6) is 0.117. The van der Waals surface area contributed by atoms with Crippen LogP contribution in [0, 0.1) is 22.6 Å². The van der Waals surface area contributed by atoms with Crippen molar-refractivity contribution >= 4 is 6.02 Å². The minimum Gasteiger partial charge on any atom is -0.492 e. The first kappa shape index (κ1) is 20.7. The largest absolute Gasteiger partial charge is 0.492 e. The SMILES string of the molecule is CC(C)(C#N)COc1cc(F)c2c(c1)[C@]1(COC(N)=N1)c1cc(-c3cnccn3)ccc1O2. The first-order valence-corrected chi connectivity index (χ1v) is 10.3. The minimum atomic E-state index is -1.13. The van der Waals surface area contributed by atoms with E-state index in [9.17, 15) is 5.26 Å². The third-order valence-electron chi connectivity index (χ3n) is 5.59. The minimum absolute atomic E-state index is 0.00366. The molecule has 2 N–H and O–H groups in total. The van der Waals surface area contributed by atoms with E-state index in [0.717, 1.165) is 5.56 Å². The Kier molecular flexibility index (Phi) is 4.67. The number of fused-ring (bicyclic) bond motifs is 4. The van der Waals surface area contributed by atoms with Crippen molar-refractivity contribution in [3.63, 3.8) is 0 Å². The summed E-state index contributed by atoms with van der Waals surface area (Å²) in [5, 5.41) is 9.26. The lowest BCUT2D eigenvalue weighted by molar-refractivity contribution is 0.223. The highest BCUT2D eigenvalue weighted by Gasteiger charge is 2.48. The molecule has 0 radical (unpaired) electrons. The van der Waals surface area contributed by atoms with Gasteiger partial charge in [0.15, 0.2) is 17.1 Å². The van der Waals surface area contributed by atoms with Gasteiger partial charge in [-0.15, -0.1) is 0 Å². The van der Waals surface area contributed by atoms with E-state index in [1.54, 1.807) is 44.6 Å². The van der Waals surface area contributed by atoms with Gasteiger partial charge >= 0.3 is 0 Å². The lowest BCUT2D eigenvalue weighted by atomic mass is 9.80. The molecule has 3 aromatic rings. The van der Waals surface area contributed by atoms with E-state index in [0.29, 0.717) is 22.6 Å². The number of aliphatic imine (C=N–C) groups is 1. The van der Waals surface area contributed by atoms with E-state index in [2.05, 4.69) is 21.0 Å². The fourth-order valence-corrected chi connectivity index (χ4v) is 3.87. The Morgan fingerprint density at radius 2 is 2.09 bits per heavy atom. The van der Waals surface area contributed by atoms with Crippen LogP contribution in [0.4, 0.5) is 4.39 Å². The molecule has 0 unspecified atom stereocenters. The van der Waals surface area contributed by atoms with Crippen LogP contribution >= 0.6 is 0 Å². The van der Waals surface area contributed by atoms with Gasteiger partial charge < -0.3 is 19.9 Å². The topological polar surface area (TPSA) is 116 Å². The Hall–Kier alpha value is -4.19. The summed E-state index contributed by atoms with van der Waals surface area (Å²) in [4.78, 5) is 13.1. The maximum absolute atomic E-state index is 15.2. The molecule has 0 amide bonds. The summed E-state index contributed by atoms with van der Waals surface area (Å²) in [6.07, 6.45) is 4.85. The van der Waals surface area contributed by atoms with Gasteiger partial charge in [0.25, 0.3) is 6.02 Å². The van der Waals surface area contributed by atoms with Gasteiger partial charge in [-0.2, -0.15) is 5.26 Å². The molecule has 0 saturated carbocycles. The highest BCUT2D eigenvalue weighted by atomic mass is 19.1. The Balaban J connectivity index is 1.65. The van der Waals surface area contributed by atoms with Gasteiger partial charge in [-0.25, -0.2) is 9.38 Å². The summed E-state index contributed by atoms with van der Waals surface area (Å²) in [7, 11) is 0. The van der Waals surface area contributed by atoms with Crippen molar-refractivity contribution in [2.45, 2.75) is 19.4 Å². The number of nitriles is 1. The summed E-state index contributed by atoms with van der Waals surface area (Å²) >= 11 is 0. The predicted octanol–water partition coefficient (Wildman–Crippen LogP) is 3.91. The van der Waals surface area contributed by atoms with Crippen LogP contribution in [0.25, 0.3) is 11.3 Å². The number of halogens is 1. The zero-order valence-corrected chi connectivity index (χ0v) is 18.0. The van der Waals surface area contributed by atoms with Gasteiger partial charge in [-0.3, -0.25) is 9.97 Å². The number of rotatable bonds is 4. The zero-order chi connectivity index (χ0) is 23.2. The van der Waals surface area contributed by atoms with Gasteiger partial charge in [0.05, 0.1) is 23.4 Å². The van der Waals surface area contributed by atoms with Crippen molar-refractivity contribution in [1.82, 2.24) is 9.97 Å². The summed E-state index contributed by atoms with van der Waals surface area (Å²) in [5.41, 5.74) is 6.59. The van der Waals surface area contributed by atoms with E-state index in [-0.39, 0.29) is 30.7 Å². The number of hydrogen-bond donors (Lipinski definition) is 1. The van der Waals surface area contributed by atoms with Crippen LogP contribution in [-0.4, -0.2) is 29.2 Å². The molecular formula is C24H20FN5O3. The highest BCUT2D eigenvalue weighted by molar-refractivity contribution is 5.77. The number of aromatic nitrogens is 2. The number of ether oxygens (including phenoxy) is 3. The van der Waals surface area contributed by atoms with Gasteiger partial charge in [-0.05, 0) is 38.1 Å². The van der Waals surface area contributed by atoms with Crippen LogP contribution in [0.3, 0.4) is 0 Å². The number of nitrogens with two attached hydrogens (primary N) is 1. The summed E-state index contributed by atoms with van der Waals surface area (Å²) < 4.78 is 32.5. The first-order chi connectivity index (χ1) is 15.8. The molecule has 166 valence electrons. The van der Waals surface area contributed by atoms with E-state index in [1.165, 1.54) is 6.07 Å². The number of benzene rings is 2. The maximum atomic E-state index is 15.2. The fraction of sp³-hybridized carbons (Fsp3) is 0.250. The zero-order valence-electron chi connectivity index (χ0n) is 18.0. The van der Waals surface area contributed by atoms with E-state index in [4.69, 9.17) is 19.9 Å². The van der Waals surface area contributed by atoms with Crippen molar-refractivity contribution < 1.29 is 18.6 Å². The van der Waals surface area contributed by atoms with Crippen LogP contribution in [0.5, 0.6) is 17.2 Å². The standard InChI is InChI=1S/C24H20FN5O3/c1-23(2,11-26)12-31-15-8-17-21(18(25)9-15)33-20-4-3-14(19-10-28-5-6-29-19)7-16(20)24(17)13-32-22(27)30-24/h3-10H,12-13H2,1-2H3,(H2,27,30)/t24-/m0/s1. The molecule has 1 spiro atoms. The van der Waals surface area contributed by atoms with E-state index >= 15 is 4.39 Å². The lowest BCUT2D eigenvalue weighted by Crippen LogP contribution is -2.31. The normalized spacial score (nSPS) is 18.4. The smallest absolute Gasteiger partial charge is 0.283 e. The molecule has 2 aliphatic rings. The molecule has 1 aromatic heterocycles. The second-order valence-corrected chi connectivity index (χ2v) is 8.57. The summed E-state index contributed by atoms with van der Waals surface area (Å²) in [6.45, 7) is 3.64. The average molecular weight is 445 g/mol. The van der Waals surface area contributed by atoms with Gasteiger partial charge in [0, 0.05) is 35.2 Å². The number of hydrogen-bond acceptors (Lipinski definition) is 8. The van der Waals surface area contributed by atoms with Crippen LogP contribution in [0.1, 0.15) is 25.0 Å². The molecule has 0 bridgehead atoms. The molecule has 1 atom stereocenters. The molecule has 33 heavy (non-hydrogen) atoms. The van der Waals surface area contributed by atoms with Crippen molar-refractivity contribution in [2.24, 2.45) is 16.1 Å². The predicted molar refractivity (Wildman–Crippen MR) is 117 cm³/mol. The van der Waals surface area contributed by atoms with Crippen molar-refractivity contribution in [1.29, 1.82) is 5.26 Å². The molecule has 0 aliphatic carbocycles. The van der Waals surface area contributed by atoms with Crippen LogP contribution in [0.2, 0.25) is 0 Å². The van der Waals surface area contributed by atoms with Crippen molar-refractivity contribution in [3.05, 3.63) is 65.9 Å². The molecule has 3 heterocycles. The molecule has 0 fully saturated rings. The number of nitrogens with zero attached hydrogens (tertiary/aromatic N) is 4. The highest BCUT2D eigenvalue weighted by Crippen LogP contribution is 2.53. The second-order valence-electron chi connectivity index (χ2n) is 8.57. The Morgan fingerprint density at radius 3 is 2.79 bits per heavy atom. The Morgan fingerprint density at radius 1 is 1.24 bits per heavy atom. The Bertz CT molecular complexity index is 1320. The molecule has 2 aromatic carbocycles. The molecule has 2 aliphatic heterocycles. The number of amidine groups is 1. The van der Waals surface area contributed by atoms with Crippen LogP contribution < -0.4 is 15.2 Å². The quantitative estimate of drug-likeness (QED) is 0.647. The van der Waals surface area contributed by atoms with Crippen molar-refractivity contribution in [2.75, 3.05) is 13.2 Å². The van der Waals surface area contributed by atoms with Gasteiger partial charge in [0.2, 0.25) is 0 Å². The summed E-state index contributed by atoms with van der Waals surface area (Å²) in [6, 6.07) is 10.5. The third kappa shape index (κ3) is 3.49. The Labute approximate surface area is 189 Å². The molecule has 5 rings (SSSR count). The molecular weight excluding hydrogens is 425 g/mol. The van der Waals surface area contributed by atoms with E-state index in [1.807, 2.05) is 12.1 Å². The fourth-order valence-electron chi connectivity index (χ4n) is 3.87. The second kappa shape index (κ2) is 7.45. The molecule has 8 nitrogen and oxygen atoms in total. The maximum Gasteiger partial charge on any atom is 0.283 e. The molecule has 9 heteroatoms. The van der Waals surface area contributed by atoms with E-state index < -0.39 is 16.8 Å². The average Bonchev–Trinajstić information content (AvgIpc) is 3.21. The van der Waals surface area contributed by atoms with Gasteiger partial charge in [0.1, 0.15) is 24.7 Å². The van der Waals surface area contributed by atoms with Crippen LogP contribution in [0.15, 0.2) is 53.9 Å². The molecule has 0 saturated heterocycles.